The summed E-state index contributed by atoms with van der Waals surface area (Å²) in [6, 6.07) is 9.18. The highest BCUT2D eigenvalue weighted by Gasteiger charge is 2.13. The molecule has 0 aliphatic carbocycles. The number of fused-ring (bicyclic) bond motifs is 1. The molecule has 4 aromatic rings. The summed E-state index contributed by atoms with van der Waals surface area (Å²) in [5.41, 5.74) is 3.16. The summed E-state index contributed by atoms with van der Waals surface area (Å²) in [6.07, 6.45) is 7.96. The second-order valence-corrected chi connectivity index (χ2v) is 5.22. The van der Waals surface area contributed by atoms with Crippen LogP contribution >= 0.6 is 0 Å². The molecule has 0 unspecified atom stereocenters. The van der Waals surface area contributed by atoms with E-state index < -0.39 is 0 Å². The Morgan fingerprint density at radius 2 is 1.96 bits per heavy atom. The van der Waals surface area contributed by atoms with Gasteiger partial charge in [0.2, 0.25) is 5.89 Å². The van der Waals surface area contributed by atoms with Gasteiger partial charge in [-0.3, -0.25) is 4.98 Å². The number of rotatable bonds is 4. The van der Waals surface area contributed by atoms with E-state index in [1.807, 2.05) is 0 Å². The maximum absolute atomic E-state index is 9.19. The minimum absolute atomic E-state index is 0.361. The predicted molar refractivity (Wildman–Crippen MR) is 88.3 cm³/mol. The van der Waals surface area contributed by atoms with Gasteiger partial charge in [0.05, 0.1) is 11.1 Å². The zero-order valence-electron chi connectivity index (χ0n) is 13.0. The third-order valence-electron chi connectivity index (χ3n) is 3.55. The Morgan fingerprint density at radius 3 is 2.80 bits per heavy atom. The summed E-state index contributed by atoms with van der Waals surface area (Å²) in [4.78, 5) is 16.3. The van der Waals surface area contributed by atoms with Crippen molar-refractivity contribution in [3.05, 3.63) is 66.5 Å². The molecule has 0 atom stereocenters. The molecule has 0 bridgehead atoms. The molecule has 0 amide bonds. The molecule has 0 radical (unpaired) electrons. The average Bonchev–Trinajstić information content (AvgIpc) is 3.10. The van der Waals surface area contributed by atoms with Gasteiger partial charge < -0.3 is 9.15 Å². The molecule has 120 valence electrons. The zero-order valence-corrected chi connectivity index (χ0v) is 13.0. The molecule has 7 nitrogen and oxygen atoms in total. The smallest absolute Gasteiger partial charge is 0.228 e. The third-order valence-corrected chi connectivity index (χ3v) is 3.55. The zero-order chi connectivity index (χ0) is 17.1. The number of hydrogen-bond donors (Lipinski definition) is 0. The van der Waals surface area contributed by atoms with Crippen LogP contribution in [0.3, 0.4) is 0 Å². The highest BCUT2D eigenvalue weighted by Crippen LogP contribution is 2.28. The highest BCUT2D eigenvalue weighted by molar-refractivity contribution is 5.78. The molecule has 0 aliphatic heterocycles. The molecule has 0 saturated heterocycles. The lowest BCUT2D eigenvalue weighted by atomic mass is 10.1. The highest BCUT2D eigenvalue weighted by atomic mass is 16.5. The lowest BCUT2D eigenvalue weighted by molar-refractivity contribution is 0.305. The molecular formula is C18H11N5O2. The van der Waals surface area contributed by atoms with Gasteiger partial charge in [0.25, 0.3) is 0 Å². The first-order valence-electron chi connectivity index (χ1n) is 7.45. The van der Waals surface area contributed by atoms with Crippen molar-refractivity contribution >= 4 is 11.1 Å². The summed E-state index contributed by atoms with van der Waals surface area (Å²) in [7, 11) is 0. The van der Waals surface area contributed by atoms with Crippen LogP contribution in [0.4, 0.5) is 0 Å². The van der Waals surface area contributed by atoms with Crippen LogP contribution in [0.15, 0.2) is 59.8 Å². The molecule has 3 heterocycles. The molecule has 1 aromatic carbocycles. The fraction of sp³-hybridized carbons (Fsp3) is 0.0556. The second kappa shape index (κ2) is 6.37. The lowest BCUT2D eigenvalue weighted by Gasteiger charge is -2.04. The van der Waals surface area contributed by atoms with Gasteiger partial charge in [-0.2, -0.15) is 5.26 Å². The summed E-state index contributed by atoms with van der Waals surface area (Å²) in [5.74, 6) is 1.04. The van der Waals surface area contributed by atoms with Gasteiger partial charge in [0.15, 0.2) is 5.58 Å². The Bertz CT molecular complexity index is 1070. The van der Waals surface area contributed by atoms with Crippen molar-refractivity contribution in [1.82, 2.24) is 19.9 Å². The van der Waals surface area contributed by atoms with Gasteiger partial charge in [0, 0.05) is 36.4 Å². The van der Waals surface area contributed by atoms with E-state index in [0.717, 1.165) is 5.56 Å². The number of nitriles is 1. The van der Waals surface area contributed by atoms with E-state index in [-0.39, 0.29) is 0 Å². The van der Waals surface area contributed by atoms with Crippen LogP contribution in [0, 0.1) is 11.3 Å². The molecular weight excluding hydrogens is 318 g/mol. The maximum atomic E-state index is 9.19. The minimum atomic E-state index is 0.361. The Kier molecular flexibility index (Phi) is 3.77. The molecule has 0 aliphatic rings. The molecule has 0 saturated carbocycles. The summed E-state index contributed by atoms with van der Waals surface area (Å²) in [5, 5.41) is 9.19. The largest absolute Gasteiger partial charge is 0.489 e. The van der Waals surface area contributed by atoms with E-state index in [1.165, 1.54) is 12.5 Å². The van der Waals surface area contributed by atoms with Crippen molar-refractivity contribution in [2.75, 3.05) is 0 Å². The molecule has 7 heteroatoms. The first-order valence-corrected chi connectivity index (χ1v) is 7.45. The summed E-state index contributed by atoms with van der Waals surface area (Å²) in [6.45, 7) is 0.361. The van der Waals surface area contributed by atoms with E-state index in [1.54, 1.807) is 42.9 Å². The van der Waals surface area contributed by atoms with Crippen molar-refractivity contribution < 1.29 is 9.15 Å². The van der Waals surface area contributed by atoms with Crippen molar-refractivity contribution in [3.63, 3.8) is 0 Å². The van der Waals surface area contributed by atoms with Gasteiger partial charge >= 0.3 is 0 Å². The maximum Gasteiger partial charge on any atom is 0.228 e. The van der Waals surface area contributed by atoms with Crippen LogP contribution in [0.25, 0.3) is 22.6 Å². The Balaban J connectivity index is 1.62. The number of ether oxygens (including phenoxy) is 1. The molecule has 0 fully saturated rings. The predicted octanol–water partition coefficient (Wildman–Crippen LogP) is 3.13. The third kappa shape index (κ3) is 3.01. The van der Waals surface area contributed by atoms with Crippen molar-refractivity contribution in [3.8, 4) is 23.3 Å². The van der Waals surface area contributed by atoms with Crippen LogP contribution in [0.1, 0.15) is 11.1 Å². The SMILES string of the molecule is N#Cc1cnccc1-c1nc2cc(OCc3cncnc3)ccc2o1. The fourth-order valence-corrected chi connectivity index (χ4v) is 2.35. The van der Waals surface area contributed by atoms with Crippen LogP contribution < -0.4 is 4.74 Å². The first-order chi connectivity index (χ1) is 12.3. The quantitative estimate of drug-likeness (QED) is 0.567. The van der Waals surface area contributed by atoms with Gasteiger partial charge in [0.1, 0.15) is 30.3 Å². The van der Waals surface area contributed by atoms with Crippen LogP contribution in [-0.4, -0.2) is 19.9 Å². The second-order valence-electron chi connectivity index (χ2n) is 5.22. The van der Waals surface area contributed by atoms with E-state index in [0.29, 0.717) is 40.5 Å². The fourth-order valence-electron chi connectivity index (χ4n) is 2.35. The normalized spacial score (nSPS) is 10.5. The van der Waals surface area contributed by atoms with Crippen molar-refractivity contribution in [1.29, 1.82) is 5.26 Å². The lowest BCUT2D eigenvalue weighted by Crippen LogP contribution is -1.96. The standard InChI is InChI=1S/C18H11N5O2/c19-6-13-9-20-4-3-15(13)18-23-16-5-14(1-2-17(16)25-18)24-10-12-7-21-11-22-8-12/h1-5,7-9,11H,10H2. The van der Waals surface area contributed by atoms with Crippen molar-refractivity contribution in [2.24, 2.45) is 0 Å². The number of oxazole rings is 1. The Hall–Kier alpha value is -3.79. The number of hydrogen-bond acceptors (Lipinski definition) is 7. The number of nitrogens with zero attached hydrogens (tertiary/aromatic N) is 5. The monoisotopic (exact) mass is 329 g/mol. The number of benzene rings is 1. The molecule has 3 aromatic heterocycles. The van der Waals surface area contributed by atoms with E-state index in [9.17, 15) is 5.26 Å². The number of aromatic nitrogens is 4. The van der Waals surface area contributed by atoms with Gasteiger partial charge in [-0.1, -0.05) is 0 Å². The van der Waals surface area contributed by atoms with Crippen LogP contribution in [0.5, 0.6) is 5.75 Å². The molecule has 0 N–H and O–H groups in total. The summed E-state index contributed by atoms with van der Waals surface area (Å²) >= 11 is 0. The Morgan fingerprint density at radius 1 is 1.08 bits per heavy atom. The average molecular weight is 329 g/mol. The van der Waals surface area contributed by atoms with E-state index in [2.05, 4.69) is 26.0 Å². The van der Waals surface area contributed by atoms with E-state index in [4.69, 9.17) is 9.15 Å². The number of pyridine rings is 1. The van der Waals surface area contributed by atoms with Gasteiger partial charge in [-0.25, -0.2) is 15.0 Å². The van der Waals surface area contributed by atoms with Gasteiger partial charge in [-0.05, 0) is 18.2 Å². The van der Waals surface area contributed by atoms with Crippen LogP contribution in [-0.2, 0) is 6.61 Å². The van der Waals surface area contributed by atoms with E-state index >= 15 is 0 Å². The molecule has 25 heavy (non-hydrogen) atoms. The van der Waals surface area contributed by atoms with Crippen LogP contribution in [0.2, 0.25) is 0 Å². The molecule has 0 spiro atoms. The molecule has 4 rings (SSSR count). The van der Waals surface area contributed by atoms with Crippen molar-refractivity contribution in [2.45, 2.75) is 6.61 Å². The Labute approximate surface area is 142 Å². The summed E-state index contributed by atoms with van der Waals surface area (Å²) < 4.78 is 11.5. The first kappa shape index (κ1) is 14.8. The topological polar surface area (TPSA) is 97.7 Å². The minimum Gasteiger partial charge on any atom is -0.489 e. The van der Waals surface area contributed by atoms with Gasteiger partial charge in [-0.15, -0.1) is 0 Å².